The van der Waals surface area contributed by atoms with E-state index in [2.05, 4.69) is 20.9 Å². The van der Waals surface area contributed by atoms with E-state index in [0.29, 0.717) is 12.1 Å². The van der Waals surface area contributed by atoms with Crippen LogP contribution < -0.4 is 10.6 Å². The van der Waals surface area contributed by atoms with Gasteiger partial charge in [-0.3, -0.25) is 4.79 Å². The molecule has 2 amide bonds. The second kappa shape index (κ2) is 6.08. The monoisotopic (exact) mass is 317 g/mol. The summed E-state index contributed by atoms with van der Waals surface area (Å²) in [6.07, 6.45) is 1.82. The molecule has 1 atom stereocenters. The molecular formula is C10H15N5O5S. The van der Waals surface area contributed by atoms with Crippen molar-refractivity contribution in [2.75, 3.05) is 11.5 Å². The third-order valence-electron chi connectivity index (χ3n) is 2.88. The van der Waals surface area contributed by atoms with Crippen LogP contribution in [-0.4, -0.2) is 58.1 Å². The summed E-state index contributed by atoms with van der Waals surface area (Å²) in [6.45, 7) is -0.232. The van der Waals surface area contributed by atoms with Crippen molar-refractivity contribution in [1.82, 2.24) is 25.6 Å². The van der Waals surface area contributed by atoms with Gasteiger partial charge in [0.05, 0.1) is 24.2 Å². The Bertz CT molecular complexity index is 640. The van der Waals surface area contributed by atoms with Crippen molar-refractivity contribution in [3.8, 4) is 0 Å². The van der Waals surface area contributed by atoms with Gasteiger partial charge in [-0.15, -0.1) is 5.10 Å². The van der Waals surface area contributed by atoms with Crippen molar-refractivity contribution >= 4 is 21.8 Å². The van der Waals surface area contributed by atoms with Crippen molar-refractivity contribution in [1.29, 1.82) is 0 Å². The third-order valence-corrected chi connectivity index (χ3v) is 4.65. The fourth-order valence-corrected chi connectivity index (χ4v) is 3.62. The number of carbonyl (C=O) groups excluding carboxylic acids is 1. The predicted molar refractivity (Wildman–Crippen MR) is 70.1 cm³/mol. The molecular weight excluding hydrogens is 302 g/mol. The minimum atomic E-state index is -3.04. The van der Waals surface area contributed by atoms with Crippen LogP contribution in [0, 0.1) is 0 Å². The van der Waals surface area contributed by atoms with Gasteiger partial charge in [0, 0.05) is 6.04 Å². The van der Waals surface area contributed by atoms with E-state index in [1.807, 2.05) is 0 Å². The molecule has 0 aliphatic carbocycles. The van der Waals surface area contributed by atoms with Crippen LogP contribution in [0.15, 0.2) is 6.20 Å². The van der Waals surface area contributed by atoms with Gasteiger partial charge in [0.1, 0.15) is 12.2 Å². The van der Waals surface area contributed by atoms with Gasteiger partial charge in [0.25, 0.3) is 0 Å². The number of carboxylic acids is 1. The highest BCUT2D eigenvalue weighted by Gasteiger charge is 2.28. The summed E-state index contributed by atoms with van der Waals surface area (Å²) in [4.78, 5) is 22.1. The van der Waals surface area contributed by atoms with Crippen LogP contribution in [-0.2, 0) is 27.7 Å². The molecule has 0 radical (unpaired) electrons. The van der Waals surface area contributed by atoms with Crippen LogP contribution >= 0.6 is 0 Å². The summed E-state index contributed by atoms with van der Waals surface area (Å²) < 4.78 is 23.6. The third kappa shape index (κ3) is 4.70. The van der Waals surface area contributed by atoms with Crippen LogP contribution in [0.5, 0.6) is 0 Å². The Morgan fingerprint density at radius 3 is 2.86 bits per heavy atom. The minimum absolute atomic E-state index is 0.0464. The van der Waals surface area contributed by atoms with Crippen LogP contribution in [0.3, 0.4) is 0 Å². The van der Waals surface area contributed by atoms with Gasteiger partial charge in [0.2, 0.25) is 0 Å². The lowest BCUT2D eigenvalue weighted by Gasteiger charge is -2.11. The fourth-order valence-electron chi connectivity index (χ4n) is 1.95. The maximum atomic E-state index is 11.6. The predicted octanol–water partition coefficient (Wildman–Crippen LogP) is -1.65. The van der Waals surface area contributed by atoms with E-state index in [0.717, 1.165) is 4.68 Å². The smallest absolute Gasteiger partial charge is 0.325 e. The first kappa shape index (κ1) is 15.2. The number of sulfone groups is 1. The van der Waals surface area contributed by atoms with Crippen LogP contribution in [0.2, 0.25) is 0 Å². The summed E-state index contributed by atoms with van der Waals surface area (Å²) in [5.41, 5.74) is 0.408. The number of carbonyl (C=O) groups is 2. The largest absolute Gasteiger partial charge is 0.480 e. The zero-order valence-corrected chi connectivity index (χ0v) is 11.8. The number of aromatic nitrogens is 3. The summed E-state index contributed by atoms with van der Waals surface area (Å²) in [5.74, 6) is -1.00. The highest BCUT2D eigenvalue weighted by atomic mass is 32.2. The molecule has 2 rings (SSSR count). The number of rotatable bonds is 5. The number of hydrogen-bond donors (Lipinski definition) is 3. The van der Waals surface area contributed by atoms with Gasteiger partial charge in [-0.2, -0.15) is 0 Å². The fraction of sp³-hybridized carbons (Fsp3) is 0.600. The Morgan fingerprint density at radius 1 is 1.48 bits per heavy atom. The van der Waals surface area contributed by atoms with Crippen molar-refractivity contribution < 1.29 is 23.1 Å². The normalized spacial score (nSPS) is 20.1. The maximum Gasteiger partial charge on any atom is 0.325 e. The molecule has 1 unspecified atom stereocenters. The van der Waals surface area contributed by atoms with E-state index in [9.17, 15) is 18.0 Å². The molecule has 116 valence electrons. The molecule has 0 bridgehead atoms. The van der Waals surface area contributed by atoms with Crippen molar-refractivity contribution in [2.45, 2.75) is 25.6 Å². The Hall–Kier alpha value is -2.17. The molecule has 11 heteroatoms. The van der Waals surface area contributed by atoms with Crippen LogP contribution in [0.4, 0.5) is 4.79 Å². The second-order valence-electron chi connectivity index (χ2n) is 4.73. The van der Waals surface area contributed by atoms with Gasteiger partial charge in [0.15, 0.2) is 9.84 Å². The number of amides is 2. The quantitative estimate of drug-likeness (QED) is 0.590. The summed E-state index contributed by atoms with van der Waals surface area (Å²) in [5, 5.41) is 21.0. The average molecular weight is 317 g/mol. The molecule has 0 spiro atoms. The SMILES string of the molecule is O=C(O)Cn1cc(CNC(=O)NC2CCS(=O)(=O)C2)nn1. The molecule has 1 aliphatic rings. The van der Waals surface area contributed by atoms with Crippen molar-refractivity contribution in [2.24, 2.45) is 0 Å². The average Bonchev–Trinajstić information content (AvgIpc) is 2.93. The van der Waals surface area contributed by atoms with Gasteiger partial charge in [-0.1, -0.05) is 5.21 Å². The molecule has 21 heavy (non-hydrogen) atoms. The minimum Gasteiger partial charge on any atom is -0.480 e. The molecule has 10 nitrogen and oxygen atoms in total. The van der Waals surface area contributed by atoms with Crippen LogP contribution in [0.25, 0.3) is 0 Å². The summed E-state index contributed by atoms with van der Waals surface area (Å²) >= 11 is 0. The molecule has 1 aromatic rings. The lowest BCUT2D eigenvalue weighted by atomic mass is 10.3. The zero-order chi connectivity index (χ0) is 15.5. The number of urea groups is 1. The lowest BCUT2D eigenvalue weighted by Crippen LogP contribution is -2.42. The first-order valence-electron chi connectivity index (χ1n) is 6.20. The zero-order valence-electron chi connectivity index (χ0n) is 11.0. The van der Waals surface area contributed by atoms with Crippen LogP contribution in [0.1, 0.15) is 12.1 Å². The Morgan fingerprint density at radius 2 is 2.24 bits per heavy atom. The van der Waals surface area contributed by atoms with E-state index < -0.39 is 21.8 Å². The summed E-state index contributed by atoms with van der Waals surface area (Å²) in [6, 6.07) is -0.873. The summed E-state index contributed by atoms with van der Waals surface area (Å²) in [7, 11) is -3.04. The number of hydrogen-bond acceptors (Lipinski definition) is 6. The first-order valence-corrected chi connectivity index (χ1v) is 8.02. The Balaban J connectivity index is 1.76. The highest BCUT2D eigenvalue weighted by molar-refractivity contribution is 7.91. The molecule has 1 aliphatic heterocycles. The van der Waals surface area contributed by atoms with E-state index >= 15 is 0 Å². The van der Waals surface area contributed by atoms with Crippen molar-refractivity contribution in [3.63, 3.8) is 0 Å². The van der Waals surface area contributed by atoms with E-state index in [-0.39, 0.29) is 30.6 Å². The molecule has 1 aromatic heterocycles. The van der Waals surface area contributed by atoms with Gasteiger partial charge in [-0.25, -0.2) is 17.9 Å². The topological polar surface area (TPSA) is 143 Å². The van der Waals surface area contributed by atoms with Gasteiger partial charge in [-0.05, 0) is 6.42 Å². The number of nitrogens with one attached hydrogen (secondary N) is 2. The van der Waals surface area contributed by atoms with E-state index in [1.54, 1.807) is 0 Å². The molecule has 3 N–H and O–H groups in total. The Labute approximate surface area is 120 Å². The molecule has 2 heterocycles. The van der Waals surface area contributed by atoms with E-state index in [4.69, 9.17) is 5.11 Å². The maximum absolute atomic E-state index is 11.6. The number of nitrogens with zero attached hydrogens (tertiary/aromatic N) is 3. The number of carboxylic acid groups (broad SMARTS) is 1. The molecule has 0 aromatic carbocycles. The van der Waals surface area contributed by atoms with E-state index in [1.165, 1.54) is 6.20 Å². The molecule has 1 saturated heterocycles. The highest BCUT2D eigenvalue weighted by Crippen LogP contribution is 2.10. The lowest BCUT2D eigenvalue weighted by molar-refractivity contribution is -0.137. The first-order chi connectivity index (χ1) is 9.84. The number of aliphatic carboxylic acids is 1. The molecule has 1 fully saturated rings. The standard InChI is InChI=1S/C10H15N5O5S/c16-9(17)5-15-4-8(13-14-15)3-11-10(18)12-7-1-2-21(19,20)6-7/h4,7H,1-3,5-6H2,(H,16,17)(H2,11,12,18). The van der Waals surface area contributed by atoms with Crippen molar-refractivity contribution in [3.05, 3.63) is 11.9 Å². The second-order valence-corrected chi connectivity index (χ2v) is 6.96. The van der Waals surface area contributed by atoms with Gasteiger partial charge < -0.3 is 15.7 Å². The molecule has 0 saturated carbocycles. The Kier molecular flexibility index (Phi) is 4.40. The van der Waals surface area contributed by atoms with Gasteiger partial charge >= 0.3 is 12.0 Å².